The van der Waals surface area contributed by atoms with Gasteiger partial charge in [-0.15, -0.1) is 0 Å². The lowest BCUT2D eigenvalue weighted by Crippen LogP contribution is -2.33. The molecule has 0 aromatic heterocycles. The van der Waals surface area contributed by atoms with Crippen LogP contribution in [-0.2, 0) is 21.2 Å². The van der Waals surface area contributed by atoms with Gasteiger partial charge < -0.3 is 14.8 Å². The summed E-state index contributed by atoms with van der Waals surface area (Å²) in [6.45, 7) is 3.62. The van der Waals surface area contributed by atoms with Gasteiger partial charge in [0, 0.05) is 25.2 Å². The van der Waals surface area contributed by atoms with Crippen molar-refractivity contribution in [3.8, 4) is 11.5 Å². The average molecular weight is 421 g/mol. The van der Waals surface area contributed by atoms with Gasteiger partial charge in [0.05, 0.1) is 19.1 Å². The molecule has 29 heavy (non-hydrogen) atoms. The summed E-state index contributed by atoms with van der Waals surface area (Å²) in [4.78, 5) is 12.4. The second-order valence-electron chi connectivity index (χ2n) is 6.88. The number of rotatable bonds is 9. The van der Waals surface area contributed by atoms with Crippen molar-refractivity contribution in [1.82, 2.24) is 4.31 Å². The summed E-state index contributed by atoms with van der Waals surface area (Å²) in [5.41, 5.74) is 1.50. The number of benzene rings is 2. The summed E-state index contributed by atoms with van der Waals surface area (Å²) >= 11 is 0. The fraction of sp³-hybridized carbons (Fsp3) is 0.381. The highest BCUT2D eigenvalue weighted by atomic mass is 32.2. The molecule has 0 spiro atoms. The molecule has 7 nitrogen and oxygen atoms in total. The third-order valence-corrected chi connectivity index (χ3v) is 6.68. The number of nitrogens with one attached hydrogen (secondary N) is 1. The number of nitrogens with zero attached hydrogens (tertiary/aromatic N) is 1. The average Bonchev–Trinajstić information content (AvgIpc) is 2.71. The van der Waals surface area contributed by atoms with Crippen molar-refractivity contribution >= 4 is 21.6 Å². The number of carbonyl (C=O) groups is 1. The Labute approximate surface area is 172 Å². The minimum Gasteiger partial charge on any atom is -0.493 e. The van der Waals surface area contributed by atoms with Gasteiger partial charge in [0.15, 0.2) is 11.5 Å². The first-order valence-electron chi connectivity index (χ1n) is 9.28. The number of hydrogen-bond donors (Lipinski definition) is 1. The fourth-order valence-electron chi connectivity index (χ4n) is 2.67. The number of hydrogen-bond acceptors (Lipinski definition) is 5. The zero-order chi connectivity index (χ0) is 21.6. The highest BCUT2D eigenvalue weighted by Gasteiger charge is 2.22. The lowest BCUT2D eigenvalue weighted by atomic mass is 10.1. The standard InChI is InChI=1S/C21H28N2O5S/c1-15(2)23(3)29(25,26)18-10-8-17(9-11-18)22-21(24)13-7-16-6-12-19(27-4)20(14-16)28-5/h6,8-12,14-15H,7,13H2,1-5H3,(H,22,24). The summed E-state index contributed by atoms with van der Waals surface area (Å²) in [7, 11) is 1.14. The van der Waals surface area contributed by atoms with E-state index in [0.717, 1.165) is 5.56 Å². The molecule has 2 rings (SSSR count). The Hall–Kier alpha value is -2.58. The second-order valence-corrected chi connectivity index (χ2v) is 8.87. The van der Waals surface area contributed by atoms with Crippen LogP contribution in [0.1, 0.15) is 25.8 Å². The van der Waals surface area contributed by atoms with Gasteiger partial charge in [0.1, 0.15) is 0 Å². The van der Waals surface area contributed by atoms with E-state index in [2.05, 4.69) is 5.32 Å². The van der Waals surface area contributed by atoms with Crippen molar-refractivity contribution in [2.45, 2.75) is 37.6 Å². The van der Waals surface area contributed by atoms with E-state index >= 15 is 0 Å². The van der Waals surface area contributed by atoms with Crippen LogP contribution in [0.2, 0.25) is 0 Å². The molecule has 0 saturated carbocycles. The van der Waals surface area contributed by atoms with Crippen LogP contribution in [-0.4, -0.2) is 45.9 Å². The van der Waals surface area contributed by atoms with E-state index < -0.39 is 10.0 Å². The number of amides is 1. The molecule has 0 radical (unpaired) electrons. The molecular weight excluding hydrogens is 392 g/mol. The van der Waals surface area contributed by atoms with E-state index in [9.17, 15) is 13.2 Å². The first-order valence-corrected chi connectivity index (χ1v) is 10.7. The van der Waals surface area contributed by atoms with Crippen LogP contribution in [0.15, 0.2) is 47.4 Å². The van der Waals surface area contributed by atoms with Crippen LogP contribution < -0.4 is 14.8 Å². The zero-order valence-corrected chi connectivity index (χ0v) is 18.2. The Kier molecular flexibility index (Phi) is 7.64. The molecule has 1 amide bonds. The molecule has 0 saturated heterocycles. The van der Waals surface area contributed by atoms with Gasteiger partial charge in [-0.25, -0.2) is 8.42 Å². The SMILES string of the molecule is COc1ccc(CCC(=O)Nc2ccc(S(=O)(=O)N(C)C(C)C)cc2)cc1OC. The predicted molar refractivity (Wildman–Crippen MR) is 113 cm³/mol. The van der Waals surface area contributed by atoms with Crippen LogP contribution >= 0.6 is 0 Å². The van der Waals surface area contributed by atoms with E-state index in [4.69, 9.17) is 9.47 Å². The number of ether oxygens (including phenoxy) is 2. The van der Waals surface area contributed by atoms with E-state index in [0.29, 0.717) is 23.6 Å². The second kappa shape index (κ2) is 9.76. The largest absolute Gasteiger partial charge is 0.493 e. The molecular formula is C21H28N2O5S. The summed E-state index contributed by atoms with van der Waals surface area (Å²) in [5, 5.41) is 2.79. The van der Waals surface area contributed by atoms with Crippen LogP contribution in [0, 0.1) is 0 Å². The molecule has 1 N–H and O–H groups in total. The predicted octanol–water partition coefficient (Wildman–Crippen LogP) is 3.30. The van der Waals surface area contributed by atoms with Gasteiger partial charge in [-0.1, -0.05) is 6.07 Å². The summed E-state index contributed by atoms with van der Waals surface area (Å²) in [6.07, 6.45) is 0.823. The minimum atomic E-state index is -3.54. The van der Waals surface area contributed by atoms with Gasteiger partial charge in [0.25, 0.3) is 0 Å². The van der Waals surface area contributed by atoms with Crippen molar-refractivity contribution < 1.29 is 22.7 Å². The number of aryl methyl sites for hydroxylation is 1. The van der Waals surface area contributed by atoms with Crippen molar-refractivity contribution in [2.24, 2.45) is 0 Å². The van der Waals surface area contributed by atoms with Crippen molar-refractivity contribution in [2.75, 3.05) is 26.6 Å². The Bertz CT molecular complexity index is 940. The highest BCUT2D eigenvalue weighted by molar-refractivity contribution is 7.89. The molecule has 0 aliphatic carbocycles. The monoisotopic (exact) mass is 420 g/mol. The lowest BCUT2D eigenvalue weighted by molar-refractivity contribution is -0.116. The van der Waals surface area contributed by atoms with Gasteiger partial charge in [0.2, 0.25) is 15.9 Å². The zero-order valence-electron chi connectivity index (χ0n) is 17.4. The van der Waals surface area contributed by atoms with Crippen molar-refractivity contribution in [1.29, 1.82) is 0 Å². The van der Waals surface area contributed by atoms with Crippen LogP contribution in [0.3, 0.4) is 0 Å². The first-order chi connectivity index (χ1) is 13.7. The van der Waals surface area contributed by atoms with Gasteiger partial charge in [-0.3, -0.25) is 4.79 Å². The molecule has 2 aromatic carbocycles. The van der Waals surface area contributed by atoms with Crippen molar-refractivity contribution in [3.05, 3.63) is 48.0 Å². The smallest absolute Gasteiger partial charge is 0.243 e. The molecule has 0 bridgehead atoms. The summed E-state index contributed by atoms with van der Waals surface area (Å²) in [6, 6.07) is 11.6. The number of carbonyl (C=O) groups excluding carboxylic acids is 1. The van der Waals surface area contributed by atoms with E-state index in [-0.39, 0.29) is 23.3 Å². The molecule has 0 unspecified atom stereocenters. The Morgan fingerprint density at radius 2 is 1.66 bits per heavy atom. The van der Waals surface area contributed by atoms with E-state index in [1.165, 1.54) is 16.4 Å². The van der Waals surface area contributed by atoms with Gasteiger partial charge in [-0.2, -0.15) is 4.31 Å². The Balaban J connectivity index is 1.98. The fourth-order valence-corrected chi connectivity index (χ4v) is 4.04. The maximum atomic E-state index is 12.5. The number of anilines is 1. The molecule has 8 heteroatoms. The molecule has 2 aromatic rings. The van der Waals surface area contributed by atoms with Crippen molar-refractivity contribution in [3.63, 3.8) is 0 Å². The minimum absolute atomic E-state index is 0.143. The summed E-state index contributed by atoms with van der Waals surface area (Å²) < 4.78 is 36.8. The summed E-state index contributed by atoms with van der Waals surface area (Å²) in [5.74, 6) is 1.10. The number of sulfonamides is 1. The molecule has 0 heterocycles. The third-order valence-electron chi connectivity index (χ3n) is 4.63. The van der Waals surface area contributed by atoms with Gasteiger partial charge in [-0.05, 0) is 62.2 Å². The maximum absolute atomic E-state index is 12.5. The molecule has 0 fully saturated rings. The van der Waals surface area contributed by atoms with E-state index in [1.54, 1.807) is 39.5 Å². The van der Waals surface area contributed by atoms with Gasteiger partial charge >= 0.3 is 0 Å². The third kappa shape index (κ3) is 5.71. The van der Waals surface area contributed by atoms with E-state index in [1.807, 2.05) is 26.0 Å². The van der Waals surface area contributed by atoms with Crippen LogP contribution in [0.4, 0.5) is 5.69 Å². The number of methoxy groups -OCH3 is 2. The maximum Gasteiger partial charge on any atom is 0.243 e. The normalized spacial score (nSPS) is 11.6. The Morgan fingerprint density at radius 1 is 1.03 bits per heavy atom. The lowest BCUT2D eigenvalue weighted by Gasteiger charge is -2.21. The molecule has 0 atom stereocenters. The Morgan fingerprint density at radius 3 is 2.21 bits per heavy atom. The quantitative estimate of drug-likeness (QED) is 0.673. The van der Waals surface area contributed by atoms with Crippen LogP contribution in [0.5, 0.6) is 11.5 Å². The molecule has 0 aliphatic rings. The van der Waals surface area contributed by atoms with Crippen LogP contribution in [0.25, 0.3) is 0 Å². The first kappa shape index (κ1) is 22.7. The highest BCUT2D eigenvalue weighted by Crippen LogP contribution is 2.28. The molecule has 0 aliphatic heterocycles. The molecule has 158 valence electrons. The topological polar surface area (TPSA) is 84.9 Å².